The lowest BCUT2D eigenvalue weighted by Gasteiger charge is -2.29. The molecule has 0 saturated carbocycles. The van der Waals surface area contributed by atoms with Gasteiger partial charge in [-0.15, -0.1) is 0 Å². The molecule has 3 N–H and O–H groups in total. The first-order chi connectivity index (χ1) is 13.1. The molecule has 1 fully saturated rings. The van der Waals surface area contributed by atoms with Crippen molar-refractivity contribution in [1.82, 2.24) is 9.97 Å². The van der Waals surface area contributed by atoms with E-state index in [1.165, 1.54) is 10.5 Å². The third-order valence-corrected chi connectivity index (χ3v) is 5.61. The van der Waals surface area contributed by atoms with E-state index in [9.17, 15) is 4.79 Å². The summed E-state index contributed by atoms with van der Waals surface area (Å²) >= 11 is 12.1. The first kappa shape index (κ1) is 18.4. The van der Waals surface area contributed by atoms with E-state index >= 15 is 0 Å². The molecule has 7 heteroatoms. The Balaban J connectivity index is 1.39. The molecule has 3 aromatic rings. The highest BCUT2D eigenvalue weighted by Gasteiger charge is 2.24. The molecule has 0 radical (unpaired) electrons. The van der Waals surface area contributed by atoms with Crippen molar-refractivity contribution in [2.45, 2.75) is 13.1 Å². The predicted octanol–water partition coefficient (Wildman–Crippen LogP) is 0.714. The molecule has 0 atom stereocenters. The van der Waals surface area contributed by atoms with Gasteiger partial charge in [-0.05, 0) is 30.3 Å². The molecule has 2 heterocycles. The second-order valence-electron chi connectivity index (χ2n) is 7.16. The zero-order valence-corrected chi connectivity index (χ0v) is 16.4. The normalized spacial score (nSPS) is 20.1. The number of piperazine rings is 1. The number of rotatable bonds is 4. The Bertz CT molecular complexity index is 1010. The van der Waals surface area contributed by atoms with Gasteiger partial charge >= 0.3 is 0 Å². The van der Waals surface area contributed by atoms with E-state index in [1.807, 2.05) is 18.2 Å². The SMILES string of the molecule is O=c1[nH]c(C[NH+]2CC[NH+](Cc3cccc(Cl)c3)CC2)nc2cc(Cl)ccc12. The van der Waals surface area contributed by atoms with Crippen LogP contribution in [0.2, 0.25) is 10.0 Å². The maximum absolute atomic E-state index is 12.3. The Labute approximate surface area is 167 Å². The van der Waals surface area contributed by atoms with Crippen LogP contribution in [0.3, 0.4) is 0 Å². The van der Waals surface area contributed by atoms with E-state index in [2.05, 4.69) is 16.0 Å². The van der Waals surface area contributed by atoms with Gasteiger partial charge in [-0.1, -0.05) is 35.3 Å². The number of nitrogens with zero attached hydrogens (tertiary/aromatic N) is 1. The number of quaternary nitrogens is 2. The van der Waals surface area contributed by atoms with Crippen molar-refractivity contribution in [3.8, 4) is 0 Å². The molecule has 140 valence electrons. The summed E-state index contributed by atoms with van der Waals surface area (Å²) in [7, 11) is 0. The Morgan fingerprint density at radius 1 is 0.926 bits per heavy atom. The molecule has 1 saturated heterocycles. The van der Waals surface area contributed by atoms with Crippen molar-refractivity contribution in [3.63, 3.8) is 0 Å². The molecule has 2 aromatic carbocycles. The lowest BCUT2D eigenvalue weighted by atomic mass is 10.2. The molecule has 0 amide bonds. The largest absolute Gasteiger partial charge is 0.322 e. The van der Waals surface area contributed by atoms with Crippen LogP contribution in [0.5, 0.6) is 0 Å². The molecule has 0 bridgehead atoms. The van der Waals surface area contributed by atoms with Gasteiger partial charge in [-0.3, -0.25) is 4.79 Å². The molecule has 5 nitrogen and oxygen atoms in total. The third-order valence-electron chi connectivity index (χ3n) is 5.14. The number of aromatic nitrogens is 2. The molecule has 0 unspecified atom stereocenters. The van der Waals surface area contributed by atoms with Crippen LogP contribution in [0.4, 0.5) is 0 Å². The smallest absolute Gasteiger partial charge is 0.258 e. The summed E-state index contributed by atoms with van der Waals surface area (Å²) in [6, 6.07) is 13.3. The summed E-state index contributed by atoms with van der Waals surface area (Å²) in [5.41, 5.74) is 1.83. The van der Waals surface area contributed by atoms with Crippen molar-refractivity contribution in [2.24, 2.45) is 0 Å². The van der Waals surface area contributed by atoms with Crippen LogP contribution < -0.4 is 15.4 Å². The molecule has 0 aliphatic carbocycles. The van der Waals surface area contributed by atoms with E-state index < -0.39 is 0 Å². The van der Waals surface area contributed by atoms with E-state index in [-0.39, 0.29) is 5.56 Å². The lowest BCUT2D eigenvalue weighted by molar-refractivity contribution is -1.02. The van der Waals surface area contributed by atoms with Gasteiger partial charge in [0, 0.05) is 15.6 Å². The van der Waals surface area contributed by atoms with Gasteiger partial charge in [0.05, 0.1) is 10.9 Å². The molecule has 4 rings (SSSR count). The Kier molecular flexibility index (Phi) is 5.45. The summed E-state index contributed by atoms with van der Waals surface area (Å²) in [6.45, 7) is 6.00. The van der Waals surface area contributed by atoms with Gasteiger partial charge in [0.15, 0.2) is 5.82 Å². The number of hydrogen-bond acceptors (Lipinski definition) is 2. The molecule has 1 aromatic heterocycles. The second kappa shape index (κ2) is 7.98. The predicted molar refractivity (Wildman–Crippen MR) is 108 cm³/mol. The summed E-state index contributed by atoms with van der Waals surface area (Å²) in [5, 5.41) is 1.97. The number of H-pyrrole nitrogens is 1. The topological polar surface area (TPSA) is 54.6 Å². The first-order valence-corrected chi connectivity index (χ1v) is 9.92. The van der Waals surface area contributed by atoms with E-state index in [1.54, 1.807) is 23.1 Å². The third kappa shape index (κ3) is 4.50. The van der Waals surface area contributed by atoms with Crippen LogP contribution in [-0.2, 0) is 13.1 Å². The summed E-state index contributed by atoms with van der Waals surface area (Å²) in [5.74, 6) is 0.725. The highest BCUT2D eigenvalue weighted by atomic mass is 35.5. The Hall–Kier alpha value is -1.92. The highest BCUT2D eigenvalue weighted by molar-refractivity contribution is 6.31. The van der Waals surface area contributed by atoms with Crippen molar-refractivity contribution in [2.75, 3.05) is 26.2 Å². The van der Waals surface area contributed by atoms with E-state index in [0.717, 1.165) is 50.1 Å². The van der Waals surface area contributed by atoms with Crippen molar-refractivity contribution < 1.29 is 9.80 Å². The molecule has 27 heavy (non-hydrogen) atoms. The summed E-state index contributed by atoms with van der Waals surface area (Å²) in [4.78, 5) is 22.8. The van der Waals surface area contributed by atoms with Crippen molar-refractivity contribution in [3.05, 3.63) is 74.3 Å². The maximum atomic E-state index is 12.3. The minimum absolute atomic E-state index is 0.101. The van der Waals surface area contributed by atoms with Gasteiger partial charge < -0.3 is 14.8 Å². The van der Waals surface area contributed by atoms with E-state index in [4.69, 9.17) is 23.2 Å². The van der Waals surface area contributed by atoms with Crippen molar-refractivity contribution in [1.29, 1.82) is 0 Å². The summed E-state index contributed by atoms with van der Waals surface area (Å²) < 4.78 is 0. The van der Waals surface area contributed by atoms with Crippen molar-refractivity contribution >= 4 is 34.1 Å². The number of halogens is 2. The average Bonchev–Trinajstić information content (AvgIpc) is 2.63. The van der Waals surface area contributed by atoms with Crippen LogP contribution in [0.25, 0.3) is 10.9 Å². The van der Waals surface area contributed by atoms with Gasteiger partial charge in [-0.2, -0.15) is 0 Å². The quantitative estimate of drug-likeness (QED) is 0.599. The number of nitrogens with one attached hydrogen (secondary N) is 3. The van der Waals surface area contributed by atoms with Crippen LogP contribution in [0, 0.1) is 0 Å². The molecular formula is C20H22Cl2N4O+2. The molecule has 1 aliphatic rings. The fraction of sp³-hybridized carbons (Fsp3) is 0.300. The summed E-state index contributed by atoms with van der Waals surface area (Å²) in [6.07, 6.45) is 0. The van der Waals surface area contributed by atoms with Gasteiger partial charge in [0.25, 0.3) is 5.56 Å². The zero-order chi connectivity index (χ0) is 18.8. The highest BCUT2D eigenvalue weighted by Crippen LogP contribution is 2.14. The molecule has 1 aliphatic heterocycles. The van der Waals surface area contributed by atoms with Crippen LogP contribution in [0.15, 0.2) is 47.3 Å². The fourth-order valence-electron chi connectivity index (χ4n) is 3.73. The van der Waals surface area contributed by atoms with Gasteiger partial charge in [0.1, 0.15) is 39.3 Å². The number of fused-ring (bicyclic) bond motifs is 1. The monoisotopic (exact) mass is 404 g/mol. The van der Waals surface area contributed by atoms with Crippen LogP contribution in [0.1, 0.15) is 11.4 Å². The number of benzene rings is 2. The standard InChI is InChI=1S/C20H20Cl2N4O/c21-15-3-1-2-14(10-15)12-25-6-8-26(9-7-25)13-19-23-18-11-16(22)4-5-17(18)20(27)24-19/h1-5,10-11H,6-9,12-13H2,(H,23,24,27)/p+2. The van der Waals surface area contributed by atoms with Crippen LogP contribution >= 0.6 is 23.2 Å². The van der Waals surface area contributed by atoms with Gasteiger partial charge in [0.2, 0.25) is 0 Å². The zero-order valence-electron chi connectivity index (χ0n) is 14.9. The number of aromatic amines is 1. The van der Waals surface area contributed by atoms with Gasteiger partial charge in [-0.25, -0.2) is 4.98 Å². The second-order valence-corrected chi connectivity index (χ2v) is 8.03. The Morgan fingerprint density at radius 3 is 2.37 bits per heavy atom. The minimum Gasteiger partial charge on any atom is -0.322 e. The average molecular weight is 405 g/mol. The molecular weight excluding hydrogens is 383 g/mol. The first-order valence-electron chi connectivity index (χ1n) is 9.17. The Morgan fingerprint density at radius 2 is 1.63 bits per heavy atom. The lowest BCUT2D eigenvalue weighted by Crippen LogP contribution is -3.27. The fourth-order valence-corrected chi connectivity index (χ4v) is 4.11. The minimum atomic E-state index is -0.101. The van der Waals surface area contributed by atoms with E-state index in [0.29, 0.717) is 15.9 Å². The van der Waals surface area contributed by atoms with Crippen LogP contribution in [-0.4, -0.2) is 36.1 Å². The molecule has 0 spiro atoms. The number of hydrogen-bond donors (Lipinski definition) is 3. The maximum Gasteiger partial charge on any atom is 0.258 e.